The highest BCUT2D eigenvalue weighted by Gasteiger charge is 2.66. The molecule has 1 aromatic carbocycles. The van der Waals surface area contributed by atoms with Crippen LogP contribution in [0.5, 0.6) is 0 Å². The molecule has 1 saturated carbocycles. The molecule has 2 heterocycles. The van der Waals surface area contributed by atoms with Gasteiger partial charge in [0.15, 0.2) is 5.54 Å². The van der Waals surface area contributed by atoms with Crippen molar-refractivity contribution in [3.63, 3.8) is 0 Å². The number of benzene rings is 1. The number of halogens is 4. The summed E-state index contributed by atoms with van der Waals surface area (Å²) in [5.41, 5.74) is 7.91. The molecule has 1 atom stereocenters. The van der Waals surface area contributed by atoms with E-state index >= 15 is 0 Å². The van der Waals surface area contributed by atoms with Gasteiger partial charge in [0.05, 0.1) is 28.5 Å². The Kier molecular flexibility index (Phi) is 7.80. The second-order valence-electron chi connectivity index (χ2n) is 11.7. The highest BCUT2D eigenvalue weighted by molar-refractivity contribution is 5.97. The average Bonchev–Trinajstić information content (AvgIpc) is 3.68. The van der Waals surface area contributed by atoms with E-state index in [0.29, 0.717) is 50.7 Å². The van der Waals surface area contributed by atoms with Gasteiger partial charge in [-0.05, 0) is 55.9 Å². The van der Waals surface area contributed by atoms with Crippen LogP contribution < -0.4 is 22.2 Å². The first-order valence-electron chi connectivity index (χ1n) is 13.1. The van der Waals surface area contributed by atoms with Gasteiger partial charge in [0.1, 0.15) is 6.07 Å². The van der Waals surface area contributed by atoms with Crippen LogP contribution in [0, 0.1) is 36.5 Å². The van der Waals surface area contributed by atoms with Gasteiger partial charge < -0.3 is 21.4 Å². The average molecular weight is 571 g/mol. The van der Waals surface area contributed by atoms with Gasteiger partial charge in [-0.15, -0.1) is 0 Å². The van der Waals surface area contributed by atoms with E-state index in [1.54, 1.807) is 13.0 Å². The number of hydrogen-bond acceptors (Lipinski definition) is 8. The van der Waals surface area contributed by atoms with E-state index in [1.165, 1.54) is 12.3 Å². The molecule has 0 radical (unpaired) electrons. The second-order valence-corrected chi connectivity index (χ2v) is 11.7. The Hall–Kier alpha value is -4.11. The van der Waals surface area contributed by atoms with E-state index < -0.39 is 23.7 Å². The molecule has 8 nitrogen and oxygen atoms in total. The quantitative estimate of drug-likeness (QED) is 0.113. The summed E-state index contributed by atoms with van der Waals surface area (Å²) in [5.74, 6) is 5.20. The predicted octanol–water partition coefficient (Wildman–Crippen LogP) is 5.94. The zero-order valence-corrected chi connectivity index (χ0v) is 23.6. The number of nitrogens with zero attached hydrogens (tertiary/aromatic N) is 4. The summed E-state index contributed by atoms with van der Waals surface area (Å²) >= 11 is 0. The lowest BCUT2D eigenvalue weighted by Gasteiger charge is -2.30. The van der Waals surface area contributed by atoms with Gasteiger partial charge in [0.25, 0.3) is 0 Å². The number of hydrogen-bond donors (Lipinski definition) is 4. The van der Waals surface area contributed by atoms with Crippen LogP contribution in [0.1, 0.15) is 62.0 Å². The molecule has 12 heteroatoms. The minimum absolute atomic E-state index is 0.0211. The molecule has 0 aliphatic heterocycles. The number of anilines is 2. The Labute approximate surface area is 236 Å². The standard InChI is InChI=1S/C29H34F4N8/c1-16-10-19(11-21-24(16)37-13-18(12-34)25(21)38-15-27(3,4)5)40-26(20-6-7-23(30)39-17(20)2)22(35)14-41(36)28(8-9-28)29(31,32)33/h6-7,10-11,13-14,26,40H,8-9,15,35-36H2,1-5H3,(H,37,38)/b22-14-. The van der Waals surface area contributed by atoms with Crippen molar-refractivity contribution in [2.75, 3.05) is 17.2 Å². The molecule has 41 heavy (non-hydrogen) atoms. The van der Waals surface area contributed by atoms with E-state index in [1.807, 2.05) is 13.0 Å². The maximum Gasteiger partial charge on any atom is 0.413 e. The lowest BCUT2D eigenvalue weighted by Crippen LogP contribution is -2.49. The van der Waals surface area contributed by atoms with Crippen molar-refractivity contribution in [3.8, 4) is 6.07 Å². The Morgan fingerprint density at radius 3 is 2.46 bits per heavy atom. The summed E-state index contributed by atoms with van der Waals surface area (Å²) in [7, 11) is 0. The Morgan fingerprint density at radius 1 is 1.22 bits per heavy atom. The third-order valence-electron chi connectivity index (χ3n) is 7.16. The van der Waals surface area contributed by atoms with Gasteiger partial charge in [-0.2, -0.15) is 22.8 Å². The summed E-state index contributed by atoms with van der Waals surface area (Å²) in [6.07, 6.45) is -2.23. The van der Waals surface area contributed by atoms with E-state index in [-0.39, 0.29) is 24.0 Å². The number of nitriles is 1. The zero-order chi connectivity index (χ0) is 30.3. The molecule has 1 unspecified atom stereocenters. The Morgan fingerprint density at radius 2 is 1.90 bits per heavy atom. The van der Waals surface area contributed by atoms with Crippen LogP contribution in [-0.2, 0) is 0 Å². The lowest BCUT2D eigenvalue weighted by atomic mass is 9.96. The summed E-state index contributed by atoms with van der Waals surface area (Å²) in [6, 6.07) is 7.53. The molecular weight excluding hydrogens is 536 g/mol. The van der Waals surface area contributed by atoms with Crippen molar-refractivity contribution in [3.05, 3.63) is 70.7 Å². The number of rotatable bonds is 8. The topological polar surface area (TPSA) is 129 Å². The van der Waals surface area contributed by atoms with E-state index in [4.69, 9.17) is 11.6 Å². The SMILES string of the molecule is Cc1nc(F)ccc1C(Nc1cc(C)c2ncc(C#N)c(NCC(C)(C)C)c2c1)/C(N)=C/N(N)C1(C(F)(F)F)CC1. The predicted molar refractivity (Wildman–Crippen MR) is 151 cm³/mol. The molecule has 0 bridgehead atoms. The van der Waals surface area contributed by atoms with E-state index in [0.717, 1.165) is 17.8 Å². The summed E-state index contributed by atoms with van der Waals surface area (Å²) < 4.78 is 55.0. The molecule has 6 N–H and O–H groups in total. The lowest BCUT2D eigenvalue weighted by molar-refractivity contribution is -0.189. The molecular formula is C29H34F4N8. The number of aromatic nitrogens is 2. The molecule has 1 aliphatic carbocycles. The van der Waals surface area contributed by atoms with Gasteiger partial charge >= 0.3 is 6.18 Å². The molecule has 2 aromatic heterocycles. The fourth-order valence-corrected chi connectivity index (χ4v) is 4.71. The third-order valence-corrected chi connectivity index (χ3v) is 7.16. The molecule has 0 saturated heterocycles. The maximum atomic E-state index is 13.9. The van der Waals surface area contributed by atoms with Gasteiger partial charge in [-0.1, -0.05) is 26.8 Å². The molecule has 218 valence electrons. The minimum Gasteiger partial charge on any atom is -0.399 e. The third kappa shape index (κ3) is 6.15. The fraction of sp³-hybridized carbons (Fsp3) is 0.414. The Bertz CT molecular complexity index is 1530. The summed E-state index contributed by atoms with van der Waals surface area (Å²) in [6.45, 7) is 10.2. The highest BCUT2D eigenvalue weighted by Crippen LogP contribution is 2.52. The first kappa shape index (κ1) is 29.9. The minimum atomic E-state index is -4.54. The largest absolute Gasteiger partial charge is 0.413 e. The molecule has 1 fully saturated rings. The number of pyridine rings is 2. The van der Waals surface area contributed by atoms with Crippen LogP contribution in [0.3, 0.4) is 0 Å². The molecule has 1 aliphatic rings. The first-order chi connectivity index (χ1) is 19.1. The number of aryl methyl sites for hydroxylation is 2. The molecule has 0 amide bonds. The van der Waals surface area contributed by atoms with Crippen molar-refractivity contribution < 1.29 is 17.6 Å². The van der Waals surface area contributed by atoms with Crippen molar-refractivity contribution in [1.82, 2.24) is 15.0 Å². The molecule has 0 spiro atoms. The Balaban J connectivity index is 1.81. The van der Waals surface area contributed by atoms with Crippen LogP contribution in [0.2, 0.25) is 0 Å². The van der Waals surface area contributed by atoms with Crippen LogP contribution in [0.15, 0.2) is 42.4 Å². The van der Waals surface area contributed by atoms with Crippen molar-refractivity contribution in [2.24, 2.45) is 17.0 Å². The number of fused-ring (bicyclic) bond motifs is 1. The number of nitrogens with one attached hydrogen (secondary N) is 2. The smallest absolute Gasteiger partial charge is 0.399 e. The van der Waals surface area contributed by atoms with Crippen LogP contribution >= 0.6 is 0 Å². The number of nitrogens with two attached hydrogens (primary N) is 2. The van der Waals surface area contributed by atoms with Gasteiger partial charge in [-0.3, -0.25) is 4.98 Å². The zero-order valence-electron chi connectivity index (χ0n) is 23.6. The highest BCUT2D eigenvalue weighted by atomic mass is 19.4. The normalized spacial score (nSPS) is 15.8. The van der Waals surface area contributed by atoms with Crippen molar-refractivity contribution in [2.45, 2.75) is 65.2 Å². The van der Waals surface area contributed by atoms with Crippen molar-refractivity contribution >= 4 is 22.3 Å². The molecule has 4 rings (SSSR count). The van der Waals surface area contributed by atoms with E-state index in [9.17, 15) is 22.8 Å². The van der Waals surface area contributed by atoms with Gasteiger partial charge in [0, 0.05) is 41.3 Å². The van der Waals surface area contributed by atoms with Gasteiger partial charge in [-0.25, -0.2) is 10.8 Å². The first-order valence-corrected chi connectivity index (χ1v) is 13.1. The summed E-state index contributed by atoms with van der Waals surface area (Å²) in [4.78, 5) is 8.36. The number of alkyl halides is 3. The maximum absolute atomic E-state index is 13.9. The number of hydrazine groups is 1. The van der Waals surface area contributed by atoms with Gasteiger partial charge in [0.2, 0.25) is 5.95 Å². The monoisotopic (exact) mass is 570 g/mol. The van der Waals surface area contributed by atoms with Crippen LogP contribution in [-0.4, -0.2) is 33.2 Å². The molecule has 3 aromatic rings. The fourth-order valence-electron chi connectivity index (χ4n) is 4.71. The van der Waals surface area contributed by atoms with E-state index in [2.05, 4.69) is 47.4 Å². The van der Waals surface area contributed by atoms with Crippen LogP contribution in [0.4, 0.5) is 28.9 Å². The van der Waals surface area contributed by atoms with Crippen LogP contribution in [0.25, 0.3) is 10.9 Å². The summed E-state index contributed by atoms with van der Waals surface area (Å²) in [5, 5.41) is 17.7. The van der Waals surface area contributed by atoms with Crippen molar-refractivity contribution in [1.29, 1.82) is 5.26 Å². The second kappa shape index (κ2) is 10.7.